The molecule has 0 saturated heterocycles. The van der Waals surface area contributed by atoms with Crippen LogP contribution in [0.1, 0.15) is 5.56 Å². The maximum Gasteiger partial charge on any atom is 0.287 e. The lowest BCUT2D eigenvalue weighted by Gasteiger charge is -2.10. The fourth-order valence-electron chi connectivity index (χ4n) is 1.78. The molecule has 0 aliphatic heterocycles. The first-order chi connectivity index (χ1) is 10.1. The maximum atomic E-state index is 10.5. The largest absolute Gasteiger partial charge is 0.493 e. The van der Waals surface area contributed by atoms with E-state index in [4.69, 9.17) is 9.47 Å². The van der Waals surface area contributed by atoms with Crippen LogP contribution >= 0.6 is 0 Å². The third-order valence-electron chi connectivity index (χ3n) is 2.88. The molecule has 0 aliphatic carbocycles. The van der Waals surface area contributed by atoms with E-state index in [1.165, 1.54) is 12.3 Å². The fourth-order valence-corrected chi connectivity index (χ4v) is 1.78. The van der Waals surface area contributed by atoms with Gasteiger partial charge in [-0.3, -0.25) is 10.1 Å². The van der Waals surface area contributed by atoms with Crippen LogP contribution in [-0.2, 0) is 6.54 Å². The van der Waals surface area contributed by atoms with Gasteiger partial charge >= 0.3 is 0 Å². The topological polar surface area (TPSA) is 86.5 Å². The molecule has 1 N–H and O–H groups in total. The number of hydrogen-bond donors (Lipinski definition) is 1. The van der Waals surface area contributed by atoms with Gasteiger partial charge in [0.1, 0.15) is 12.0 Å². The fraction of sp³-hybridized carbons (Fsp3) is 0.214. The van der Waals surface area contributed by atoms with Gasteiger partial charge in [-0.15, -0.1) is 0 Å². The van der Waals surface area contributed by atoms with Gasteiger partial charge in [0, 0.05) is 12.6 Å². The SMILES string of the molecule is COc1ccc(CNc2ccc([N+](=O)[O-])cn2)cc1OC. The van der Waals surface area contributed by atoms with Gasteiger partial charge in [0.05, 0.1) is 19.1 Å². The highest BCUT2D eigenvalue weighted by Crippen LogP contribution is 2.27. The van der Waals surface area contributed by atoms with Crippen molar-refractivity contribution in [2.24, 2.45) is 0 Å². The molecule has 1 aromatic carbocycles. The number of nitro groups is 1. The minimum absolute atomic E-state index is 0.0355. The molecule has 0 aliphatic rings. The van der Waals surface area contributed by atoms with E-state index < -0.39 is 4.92 Å². The lowest BCUT2D eigenvalue weighted by molar-refractivity contribution is -0.385. The number of nitrogens with zero attached hydrogens (tertiary/aromatic N) is 2. The van der Waals surface area contributed by atoms with E-state index in [1.54, 1.807) is 20.3 Å². The van der Waals surface area contributed by atoms with E-state index in [1.807, 2.05) is 18.2 Å². The Labute approximate surface area is 121 Å². The zero-order valence-corrected chi connectivity index (χ0v) is 11.7. The summed E-state index contributed by atoms with van der Waals surface area (Å²) in [5.41, 5.74) is 0.944. The molecule has 2 rings (SSSR count). The second-order valence-electron chi connectivity index (χ2n) is 4.20. The van der Waals surface area contributed by atoms with Gasteiger partial charge in [-0.2, -0.15) is 0 Å². The zero-order chi connectivity index (χ0) is 15.2. The van der Waals surface area contributed by atoms with E-state index in [0.717, 1.165) is 5.56 Å². The number of benzene rings is 1. The van der Waals surface area contributed by atoms with E-state index in [0.29, 0.717) is 23.9 Å². The van der Waals surface area contributed by atoms with Crippen LogP contribution in [-0.4, -0.2) is 24.1 Å². The Morgan fingerprint density at radius 3 is 2.52 bits per heavy atom. The van der Waals surface area contributed by atoms with Crippen molar-refractivity contribution in [3.8, 4) is 11.5 Å². The van der Waals surface area contributed by atoms with Crippen molar-refractivity contribution < 1.29 is 14.4 Å². The van der Waals surface area contributed by atoms with Crippen LogP contribution in [0.15, 0.2) is 36.5 Å². The summed E-state index contributed by atoms with van der Waals surface area (Å²) < 4.78 is 10.4. The van der Waals surface area contributed by atoms with Crippen LogP contribution in [0.3, 0.4) is 0 Å². The van der Waals surface area contributed by atoms with Crippen molar-refractivity contribution in [2.75, 3.05) is 19.5 Å². The molecule has 1 heterocycles. The summed E-state index contributed by atoms with van der Waals surface area (Å²) in [4.78, 5) is 14.0. The number of aromatic nitrogens is 1. The summed E-state index contributed by atoms with van der Waals surface area (Å²) in [6.07, 6.45) is 1.22. The van der Waals surface area contributed by atoms with Gasteiger partial charge in [0.25, 0.3) is 5.69 Å². The summed E-state index contributed by atoms with van der Waals surface area (Å²) in [5, 5.41) is 13.6. The van der Waals surface area contributed by atoms with Crippen LogP contribution in [0.2, 0.25) is 0 Å². The van der Waals surface area contributed by atoms with Gasteiger partial charge in [-0.25, -0.2) is 4.98 Å². The molecule has 1 aromatic heterocycles. The van der Waals surface area contributed by atoms with E-state index in [2.05, 4.69) is 10.3 Å². The Bertz CT molecular complexity index is 629. The lowest BCUT2D eigenvalue weighted by Crippen LogP contribution is -2.02. The average molecular weight is 289 g/mol. The molecule has 0 bridgehead atoms. The second-order valence-corrected chi connectivity index (χ2v) is 4.20. The van der Waals surface area contributed by atoms with Crippen LogP contribution in [0.5, 0.6) is 11.5 Å². The average Bonchev–Trinajstić information content (AvgIpc) is 2.52. The van der Waals surface area contributed by atoms with Crippen LogP contribution < -0.4 is 14.8 Å². The normalized spacial score (nSPS) is 10.0. The van der Waals surface area contributed by atoms with Gasteiger partial charge in [-0.05, 0) is 23.8 Å². The molecule has 7 nitrogen and oxygen atoms in total. The number of anilines is 1. The molecule has 2 aromatic rings. The lowest BCUT2D eigenvalue weighted by atomic mass is 10.2. The summed E-state index contributed by atoms with van der Waals surface area (Å²) in [5.74, 6) is 1.87. The summed E-state index contributed by atoms with van der Waals surface area (Å²) >= 11 is 0. The first kappa shape index (κ1) is 14.6. The minimum atomic E-state index is -0.481. The third kappa shape index (κ3) is 3.59. The zero-order valence-electron chi connectivity index (χ0n) is 11.7. The predicted molar refractivity (Wildman–Crippen MR) is 77.8 cm³/mol. The van der Waals surface area contributed by atoms with Gasteiger partial charge < -0.3 is 14.8 Å². The Kier molecular flexibility index (Phi) is 4.55. The summed E-state index contributed by atoms with van der Waals surface area (Å²) in [6, 6.07) is 8.55. The van der Waals surface area contributed by atoms with Crippen molar-refractivity contribution in [1.29, 1.82) is 0 Å². The first-order valence-corrected chi connectivity index (χ1v) is 6.19. The Hall–Kier alpha value is -2.83. The monoisotopic (exact) mass is 289 g/mol. The Morgan fingerprint density at radius 2 is 1.95 bits per heavy atom. The highest BCUT2D eigenvalue weighted by Gasteiger charge is 2.06. The Morgan fingerprint density at radius 1 is 1.19 bits per heavy atom. The van der Waals surface area contributed by atoms with Crippen LogP contribution in [0, 0.1) is 10.1 Å². The van der Waals surface area contributed by atoms with Crippen molar-refractivity contribution in [3.63, 3.8) is 0 Å². The number of rotatable bonds is 6. The molecule has 0 spiro atoms. The summed E-state index contributed by atoms with van der Waals surface area (Å²) in [6.45, 7) is 0.519. The number of pyridine rings is 1. The number of nitrogens with one attached hydrogen (secondary N) is 1. The predicted octanol–water partition coefficient (Wildman–Crippen LogP) is 2.62. The van der Waals surface area contributed by atoms with Crippen molar-refractivity contribution in [3.05, 3.63) is 52.2 Å². The van der Waals surface area contributed by atoms with Crippen LogP contribution in [0.4, 0.5) is 11.5 Å². The molecule has 0 fully saturated rings. The highest BCUT2D eigenvalue weighted by molar-refractivity contribution is 5.45. The van der Waals surface area contributed by atoms with Gasteiger partial charge in [0.2, 0.25) is 0 Å². The molecule has 21 heavy (non-hydrogen) atoms. The molecule has 110 valence electrons. The molecule has 0 amide bonds. The van der Waals surface area contributed by atoms with Crippen molar-refractivity contribution in [1.82, 2.24) is 4.98 Å². The quantitative estimate of drug-likeness (QED) is 0.649. The van der Waals surface area contributed by atoms with Gasteiger partial charge in [0.15, 0.2) is 11.5 Å². The highest BCUT2D eigenvalue weighted by atomic mass is 16.6. The maximum absolute atomic E-state index is 10.5. The molecular formula is C14H15N3O4. The van der Waals surface area contributed by atoms with Crippen molar-refractivity contribution >= 4 is 11.5 Å². The Balaban J connectivity index is 2.04. The smallest absolute Gasteiger partial charge is 0.287 e. The van der Waals surface area contributed by atoms with Gasteiger partial charge in [-0.1, -0.05) is 6.07 Å². The van der Waals surface area contributed by atoms with E-state index >= 15 is 0 Å². The number of hydrogen-bond acceptors (Lipinski definition) is 6. The molecule has 0 unspecified atom stereocenters. The molecule has 0 radical (unpaired) electrons. The molecule has 0 saturated carbocycles. The molecular weight excluding hydrogens is 274 g/mol. The standard InChI is InChI=1S/C14H15N3O4/c1-20-12-5-3-10(7-13(12)21-2)8-15-14-6-4-11(9-16-14)17(18)19/h3-7,9H,8H2,1-2H3,(H,15,16). The molecule has 0 atom stereocenters. The summed E-state index contributed by atoms with van der Waals surface area (Å²) in [7, 11) is 3.16. The van der Waals surface area contributed by atoms with E-state index in [9.17, 15) is 10.1 Å². The van der Waals surface area contributed by atoms with E-state index in [-0.39, 0.29) is 5.69 Å². The minimum Gasteiger partial charge on any atom is -0.493 e. The third-order valence-corrected chi connectivity index (χ3v) is 2.88. The van der Waals surface area contributed by atoms with Crippen molar-refractivity contribution in [2.45, 2.75) is 6.54 Å². The number of methoxy groups -OCH3 is 2. The first-order valence-electron chi connectivity index (χ1n) is 6.19. The van der Waals surface area contributed by atoms with Crippen LogP contribution in [0.25, 0.3) is 0 Å². The number of ether oxygens (including phenoxy) is 2. The molecule has 7 heteroatoms. The second kappa shape index (κ2) is 6.56.